The molecule has 9 heteroatoms. The molecule has 0 amide bonds. The van der Waals surface area contributed by atoms with Crippen molar-refractivity contribution < 1.29 is 4.74 Å². The summed E-state index contributed by atoms with van der Waals surface area (Å²) in [7, 11) is 3.61. The second-order valence-corrected chi connectivity index (χ2v) is 9.07. The zero-order chi connectivity index (χ0) is 24.5. The smallest absolute Gasteiger partial charge is 0.225 e. The predicted molar refractivity (Wildman–Crippen MR) is 140 cm³/mol. The standard InChI is InChI=1S/C27H28N8O/c1-32-18-23(16-30-32)22-6-7-25-26(17-31-35(25)19-22)33-8-10-34(11-9-33)27-28-14-21(15-29-27)12-20-4-3-5-24(13-20)36-2/h3-7,13-19H,8-12H2,1-2H3. The molecule has 5 heterocycles. The molecule has 36 heavy (non-hydrogen) atoms. The first-order chi connectivity index (χ1) is 17.7. The van der Waals surface area contributed by atoms with Crippen LogP contribution in [0.15, 0.2) is 73.6 Å². The maximum atomic E-state index is 5.32. The van der Waals surface area contributed by atoms with Gasteiger partial charge < -0.3 is 14.5 Å². The molecule has 0 N–H and O–H groups in total. The molecule has 1 fully saturated rings. The molecule has 0 saturated carbocycles. The van der Waals surface area contributed by atoms with Crippen molar-refractivity contribution in [3.8, 4) is 16.9 Å². The first-order valence-corrected chi connectivity index (χ1v) is 12.1. The van der Waals surface area contributed by atoms with Gasteiger partial charge in [-0.25, -0.2) is 14.5 Å². The van der Waals surface area contributed by atoms with Gasteiger partial charge in [-0.05, 0) is 29.3 Å². The molecule has 1 saturated heterocycles. The molecule has 6 rings (SSSR count). The fourth-order valence-electron chi connectivity index (χ4n) is 4.72. The van der Waals surface area contributed by atoms with E-state index in [9.17, 15) is 0 Å². The van der Waals surface area contributed by atoms with Crippen molar-refractivity contribution in [2.24, 2.45) is 7.05 Å². The quantitative estimate of drug-likeness (QED) is 0.368. The van der Waals surface area contributed by atoms with E-state index < -0.39 is 0 Å². The van der Waals surface area contributed by atoms with Gasteiger partial charge in [-0.1, -0.05) is 18.2 Å². The van der Waals surface area contributed by atoms with Gasteiger partial charge in [0.05, 0.1) is 30.7 Å². The zero-order valence-corrected chi connectivity index (χ0v) is 20.4. The van der Waals surface area contributed by atoms with Crippen LogP contribution < -0.4 is 14.5 Å². The summed E-state index contributed by atoms with van der Waals surface area (Å²) in [5.41, 5.74) is 6.71. The minimum atomic E-state index is 0.780. The third kappa shape index (κ3) is 4.35. The fraction of sp³-hybridized carbons (Fsp3) is 0.259. The van der Waals surface area contributed by atoms with Crippen LogP contribution in [0.2, 0.25) is 0 Å². The molecule has 5 aromatic rings. The van der Waals surface area contributed by atoms with Crippen LogP contribution in [0.4, 0.5) is 11.6 Å². The topological polar surface area (TPSA) is 76.6 Å². The van der Waals surface area contributed by atoms with Gasteiger partial charge in [-0.3, -0.25) is 4.68 Å². The Morgan fingerprint density at radius 3 is 2.36 bits per heavy atom. The molecule has 4 aromatic heterocycles. The van der Waals surface area contributed by atoms with Gasteiger partial charge in [0.25, 0.3) is 0 Å². The Balaban J connectivity index is 1.11. The van der Waals surface area contributed by atoms with Crippen LogP contribution in [-0.2, 0) is 13.5 Å². The van der Waals surface area contributed by atoms with Crippen molar-refractivity contribution in [1.29, 1.82) is 0 Å². The monoisotopic (exact) mass is 480 g/mol. The van der Waals surface area contributed by atoms with E-state index in [4.69, 9.17) is 4.74 Å². The van der Waals surface area contributed by atoms with Gasteiger partial charge in [0.1, 0.15) is 5.75 Å². The Morgan fingerprint density at radius 2 is 1.61 bits per heavy atom. The van der Waals surface area contributed by atoms with E-state index in [0.717, 1.165) is 72.2 Å². The lowest BCUT2D eigenvalue weighted by molar-refractivity contribution is 0.414. The van der Waals surface area contributed by atoms with Crippen LogP contribution in [0.5, 0.6) is 5.75 Å². The molecular formula is C27H28N8O. The minimum absolute atomic E-state index is 0.780. The number of fused-ring (bicyclic) bond motifs is 1. The molecule has 9 nitrogen and oxygen atoms in total. The summed E-state index contributed by atoms with van der Waals surface area (Å²) in [6.07, 6.45) is 12.5. The molecule has 0 aliphatic carbocycles. The largest absolute Gasteiger partial charge is 0.497 e. The predicted octanol–water partition coefficient (Wildman–Crippen LogP) is 3.45. The Kier molecular flexibility index (Phi) is 5.73. The SMILES string of the molecule is COc1cccc(Cc2cnc(N3CCN(c4cnn5cc(-c6cnn(C)c6)ccc45)CC3)nc2)c1. The number of hydrogen-bond donors (Lipinski definition) is 0. The molecule has 0 radical (unpaired) electrons. The number of ether oxygens (including phenoxy) is 1. The van der Waals surface area contributed by atoms with E-state index in [1.165, 1.54) is 5.56 Å². The second kappa shape index (κ2) is 9.33. The lowest BCUT2D eigenvalue weighted by Gasteiger charge is -2.35. The number of aromatic nitrogens is 6. The summed E-state index contributed by atoms with van der Waals surface area (Å²) in [5, 5.41) is 8.89. The Bertz CT molecular complexity index is 1480. The minimum Gasteiger partial charge on any atom is -0.497 e. The first kappa shape index (κ1) is 22.1. The van der Waals surface area contributed by atoms with Crippen molar-refractivity contribution in [3.05, 3.63) is 84.7 Å². The van der Waals surface area contributed by atoms with Gasteiger partial charge >= 0.3 is 0 Å². The van der Waals surface area contributed by atoms with Gasteiger partial charge in [0, 0.05) is 75.6 Å². The summed E-state index contributed by atoms with van der Waals surface area (Å²) < 4.78 is 9.09. The molecule has 0 unspecified atom stereocenters. The number of benzene rings is 1. The Hall–Kier alpha value is -4.40. The number of piperazine rings is 1. The molecule has 1 aliphatic heterocycles. The van der Waals surface area contributed by atoms with Crippen LogP contribution in [0.25, 0.3) is 16.6 Å². The van der Waals surface area contributed by atoms with E-state index >= 15 is 0 Å². The van der Waals surface area contributed by atoms with E-state index in [1.54, 1.807) is 7.11 Å². The molecule has 182 valence electrons. The van der Waals surface area contributed by atoms with Crippen molar-refractivity contribution in [1.82, 2.24) is 29.4 Å². The normalized spacial score (nSPS) is 13.9. The molecule has 1 aliphatic rings. The van der Waals surface area contributed by atoms with Crippen molar-refractivity contribution >= 4 is 17.2 Å². The Labute approximate surface area is 209 Å². The summed E-state index contributed by atoms with van der Waals surface area (Å²) in [4.78, 5) is 14.0. The third-order valence-corrected chi connectivity index (χ3v) is 6.67. The number of aryl methyl sites for hydroxylation is 1. The van der Waals surface area contributed by atoms with Crippen molar-refractivity contribution in [2.45, 2.75) is 6.42 Å². The molecule has 0 bridgehead atoms. The van der Waals surface area contributed by atoms with Gasteiger partial charge in [0.15, 0.2) is 0 Å². The average Bonchev–Trinajstić information content (AvgIpc) is 3.55. The first-order valence-electron chi connectivity index (χ1n) is 12.1. The highest BCUT2D eigenvalue weighted by Gasteiger charge is 2.21. The molecule has 1 aromatic carbocycles. The van der Waals surface area contributed by atoms with Gasteiger partial charge in [0.2, 0.25) is 5.95 Å². The molecular weight excluding hydrogens is 452 g/mol. The number of nitrogens with zero attached hydrogens (tertiary/aromatic N) is 8. The van der Waals surface area contributed by atoms with Crippen LogP contribution in [-0.4, -0.2) is 62.7 Å². The van der Waals surface area contributed by atoms with Crippen molar-refractivity contribution in [2.75, 3.05) is 43.1 Å². The maximum Gasteiger partial charge on any atom is 0.225 e. The number of rotatable bonds is 6. The lowest BCUT2D eigenvalue weighted by Crippen LogP contribution is -2.47. The highest BCUT2D eigenvalue weighted by Crippen LogP contribution is 2.27. The van der Waals surface area contributed by atoms with Crippen LogP contribution in [0, 0.1) is 0 Å². The number of methoxy groups -OCH3 is 1. The highest BCUT2D eigenvalue weighted by atomic mass is 16.5. The molecule has 0 atom stereocenters. The number of anilines is 2. The summed E-state index contributed by atoms with van der Waals surface area (Å²) in [6, 6.07) is 12.4. The fourth-order valence-corrected chi connectivity index (χ4v) is 4.72. The van der Waals surface area contributed by atoms with E-state index in [1.807, 2.05) is 65.4 Å². The third-order valence-electron chi connectivity index (χ3n) is 6.67. The van der Waals surface area contributed by atoms with E-state index in [-0.39, 0.29) is 0 Å². The zero-order valence-electron chi connectivity index (χ0n) is 20.4. The van der Waals surface area contributed by atoms with Gasteiger partial charge in [-0.15, -0.1) is 0 Å². The lowest BCUT2D eigenvalue weighted by atomic mass is 10.1. The second-order valence-electron chi connectivity index (χ2n) is 9.07. The number of pyridine rings is 1. The van der Waals surface area contributed by atoms with E-state index in [2.05, 4.69) is 54.4 Å². The molecule has 0 spiro atoms. The van der Waals surface area contributed by atoms with Crippen molar-refractivity contribution in [3.63, 3.8) is 0 Å². The van der Waals surface area contributed by atoms with E-state index in [0.29, 0.717) is 0 Å². The average molecular weight is 481 g/mol. The van der Waals surface area contributed by atoms with Crippen LogP contribution in [0.1, 0.15) is 11.1 Å². The highest BCUT2D eigenvalue weighted by molar-refractivity contribution is 5.75. The Morgan fingerprint density at radius 1 is 0.806 bits per heavy atom. The van der Waals surface area contributed by atoms with Gasteiger partial charge in [-0.2, -0.15) is 10.2 Å². The maximum absolute atomic E-state index is 5.32. The summed E-state index contributed by atoms with van der Waals surface area (Å²) in [5.74, 6) is 1.65. The van der Waals surface area contributed by atoms with Crippen LogP contribution in [0.3, 0.4) is 0 Å². The summed E-state index contributed by atoms with van der Waals surface area (Å²) >= 11 is 0. The summed E-state index contributed by atoms with van der Waals surface area (Å²) in [6.45, 7) is 3.50. The van der Waals surface area contributed by atoms with Crippen LogP contribution >= 0.6 is 0 Å². The number of hydrogen-bond acceptors (Lipinski definition) is 7.